The van der Waals surface area contributed by atoms with Crippen molar-refractivity contribution >= 4 is 11.5 Å². The van der Waals surface area contributed by atoms with Crippen LogP contribution in [0.25, 0.3) is 5.57 Å². The second kappa shape index (κ2) is 9.92. The van der Waals surface area contributed by atoms with Crippen LogP contribution in [-0.4, -0.2) is 38.6 Å². The van der Waals surface area contributed by atoms with Gasteiger partial charge in [-0.2, -0.15) is 0 Å². The van der Waals surface area contributed by atoms with Crippen molar-refractivity contribution in [2.75, 3.05) is 27.6 Å². The van der Waals surface area contributed by atoms with Crippen molar-refractivity contribution in [2.45, 2.75) is 26.9 Å². The smallest absolute Gasteiger partial charge is 0.331 e. The van der Waals surface area contributed by atoms with Gasteiger partial charge in [-0.1, -0.05) is 6.92 Å². The summed E-state index contributed by atoms with van der Waals surface area (Å²) in [5.41, 5.74) is 2.48. The highest BCUT2D eigenvalue weighted by atomic mass is 16.7. The molecular formula is C16H23NO5. The second-order valence-corrected chi connectivity index (χ2v) is 4.38. The molecule has 0 unspecified atom stereocenters. The molecule has 6 nitrogen and oxygen atoms in total. The summed E-state index contributed by atoms with van der Waals surface area (Å²) < 4.78 is 20.6. The Balaban J connectivity index is 3.16. The summed E-state index contributed by atoms with van der Waals surface area (Å²) in [7, 11) is 3.10. The second-order valence-electron chi connectivity index (χ2n) is 4.38. The predicted molar refractivity (Wildman–Crippen MR) is 82.4 cm³/mol. The number of carbonyl (C=O) groups excluding carboxylic acids is 1. The third-order valence-corrected chi connectivity index (χ3v) is 2.96. The largest absolute Gasteiger partial charge is 0.481 e. The van der Waals surface area contributed by atoms with Crippen LogP contribution in [0.3, 0.4) is 0 Å². The number of carbonyl (C=O) groups is 1. The number of allylic oxidation sites excluding steroid dienone is 1. The lowest BCUT2D eigenvalue weighted by Crippen LogP contribution is -2.06. The fraction of sp³-hybridized carbons (Fsp3) is 0.500. The number of ether oxygens (including phenoxy) is 4. The Morgan fingerprint density at radius 2 is 2.09 bits per heavy atom. The number of rotatable bonds is 9. The zero-order valence-electron chi connectivity index (χ0n) is 13.5. The van der Waals surface area contributed by atoms with Crippen molar-refractivity contribution in [2.24, 2.45) is 0 Å². The van der Waals surface area contributed by atoms with Gasteiger partial charge in [0.15, 0.2) is 0 Å². The van der Waals surface area contributed by atoms with Gasteiger partial charge in [0, 0.05) is 24.9 Å². The molecule has 0 bridgehead atoms. The third-order valence-electron chi connectivity index (χ3n) is 2.96. The summed E-state index contributed by atoms with van der Waals surface area (Å²) in [5.74, 6) is 0.107. The van der Waals surface area contributed by atoms with Crippen molar-refractivity contribution in [3.8, 4) is 5.88 Å². The van der Waals surface area contributed by atoms with Gasteiger partial charge in [0.05, 0.1) is 20.3 Å². The Bertz CT molecular complexity index is 513. The molecule has 0 aromatic carbocycles. The van der Waals surface area contributed by atoms with Crippen molar-refractivity contribution in [3.05, 3.63) is 29.5 Å². The van der Waals surface area contributed by atoms with Crippen molar-refractivity contribution in [3.63, 3.8) is 0 Å². The number of hydrogen-bond acceptors (Lipinski definition) is 6. The molecule has 22 heavy (non-hydrogen) atoms. The molecule has 0 radical (unpaired) electrons. The Hall–Kier alpha value is -1.92. The molecule has 0 fully saturated rings. The molecule has 0 spiro atoms. The highest BCUT2D eigenvalue weighted by Crippen LogP contribution is 2.28. The van der Waals surface area contributed by atoms with E-state index in [4.69, 9.17) is 18.9 Å². The van der Waals surface area contributed by atoms with Gasteiger partial charge in [-0.15, -0.1) is 0 Å². The van der Waals surface area contributed by atoms with Crippen LogP contribution >= 0.6 is 0 Å². The van der Waals surface area contributed by atoms with Gasteiger partial charge in [0.25, 0.3) is 0 Å². The van der Waals surface area contributed by atoms with Crippen LogP contribution in [0.15, 0.2) is 18.3 Å². The lowest BCUT2D eigenvalue weighted by Gasteiger charge is -2.14. The van der Waals surface area contributed by atoms with Crippen LogP contribution in [0.5, 0.6) is 5.88 Å². The minimum atomic E-state index is -0.362. The number of esters is 1. The van der Waals surface area contributed by atoms with Crippen LogP contribution in [0.1, 0.15) is 31.4 Å². The van der Waals surface area contributed by atoms with E-state index in [1.54, 1.807) is 27.3 Å². The Labute approximate surface area is 131 Å². The van der Waals surface area contributed by atoms with Gasteiger partial charge in [-0.05, 0) is 30.5 Å². The molecule has 122 valence electrons. The van der Waals surface area contributed by atoms with E-state index in [0.717, 1.165) is 16.7 Å². The molecule has 0 aliphatic carbocycles. The summed E-state index contributed by atoms with van der Waals surface area (Å²) >= 11 is 0. The van der Waals surface area contributed by atoms with Gasteiger partial charge in [0.2, 0.25) is 5.88 Å². The molecule has 1 rings (SSSR count). The van der Waals surface area contributed by atoms with Crippen LogP contribution in [0, 0.1) is 0 Å². The van der Waals surface area contributed by atoms with Gasteiger partial charge < -0.3 is 18.9 Å². The Kier molecular flexibility index (Phi) is 8.17. The first-order chi connectivity index (χ1) is 10.7. The molecule has 1 aromatic heterocycles. The number of aromatic nitrogens is 1. The summed E-state index contributed by atoms with van der Waals surface area (Å²) in [5, 5.41) is 0. The summed E-state index contributed by atoms with van der Waals surface area (Å²) in [4.78, 5) is 15.9. The summed E-state index contributed by atoms with van der Waals surface area (Å²) in [6.07, 6.45) is 3.81. The zero-order chi connectivity index (χ0) is 16.4. The topological polar surface area (TPSA) is 66.9 Å². The molecule has 0 N–H and O–H groups in total. The molecule has 6 heteroatoms. The highest BCUT2D eigenvalue weighted by Gasteiger charge is 2.14. The van der Waals surface area contributed by atoms with Crippen LogP contribution in [0.4, 0.5) is 0 Å². The molecule has 1 aromatic rings. The summed E-state index contributed by atoms with van der Waals surface area (Å²) in [6, 6.07) is 1.84. The van der Waals surface area contributed by atoms with Crippen LogP contribution in [0.2, 0.25) is 0 Å². The van der Waals surface area contributed by atoms with Crippen LogP contribution < -0.4 is 4.74 Å². The molecular weight excluding hydrogens is 286 g/mol. The van der Waals surface area contributed by atoms with E-state index in [2.05, 4.69) is 4.98 Å². The van der Waals surface area contributed by atoms with Crippen LogP contribution in [-0.2, 0) is 25.6 Å². The van der Waals surface area contributed by atoms with Gasteiger partial charge >= 0.3 is 5.97 Å². The third kappa shape index (κ3) is 5.13. The van der Waals surface area contributed by atoms with Crippen molar-refractivity contribution < 1.29 is 23.7 Å². The van der Waals surface area contributed by atoms with E-state index in [0.29, 0.717) is 18.9 Å². The molecule has 0 amide bonds. The molecule has 0 aliphatic heterocycles. The average molecular weight is 309 g/mol. The number of nitrogens with zero attached hydrogens (tertiary/aromatic N) is 1. The minimum Gasteiger partial charge on any atom is -0.481 e. The molecule has 0 saturated heterocycles. The van der Waals surface area contributed by atoms with Gasteiger partial charge in [-0.3, -0.25) is 0 Å². The molecule has 0 aliphatic rings. The zero-order valence-corrected chi connectivity index (χ0v) is 13.5. The van der Waals surface area contributed by atoms with E-state index in [1.807, 2.05) is 13.0 Å². The van der Waals surface area contributed by atoms with E-state index in [1.165, 1.54) is 6.08 Å². The van der Waals surface area contributed by atoms with E-state index >= 15 is 0 Å². The SMILES string of the molecule is CCOC(=O)/C=C(/CC)c1ccnc(OC)c1COCOC. The maximum Gasteiger partial charge on any atom is 0.331 e. The normalized spacial score (nSPS) is 11.4. The Morgan fingerprint density at radius 3 is 2.68 bits per heavy atom. The van der Waals surface area contributed by atoms with E-state index in [-0.39, 0.29) is 19.4 Å². The lowest BCUT2D eigenvalue weighted by atomic mass is 9.99. The molecule has 0 atom stereocenters. The lowest BCUT2D eigenvalue weighted by molar-refractivity contribution is -0.137. The maximum atomic E-state index is 11.7. The quantitative estimate of drug-likeness (QED) is 0.302. The minimum absolute atomic E-state index is 0.167. The van der Waals surface area contributed by atoms with Crippen molar-refractivity contribution in [1.82, 2.24) is 4.98 Å². The fourth-order valence-corrected chi connectivity index (χ4v) is 2.01. The highest BCUT2D eigenvalue weighted by molar-refractivity contribution is 5.91. The number of methoxy groups -OCH3 is 2. The monoisotopic (exact) mass is 309 g/mol. The standard InChI is InChI=1S/C16H23NO5/c1-5-12(9-15(18)22-6-2)13-7-8-17-16(20-4)14(13)10-21-11-19-3/h7-9H,5-6,10-11H2,1-4H3/b12-9-. The molecule has 1 heterocycles. The molecule has 0 saturated carbocycles. The fourth-order valence-electron chi connectivity index (χ4n) is 2.01. The summed E-state index contributed by atoms with van der Waals surface area (Å²) in [6.45, 7) is 4.53. The van der Waals surface area contributed by atoms with Gasteiger partial charge in [-0.25, -0.2) is 9.78 Å². The maximum absolute atomic E-state index is 11.7. The number of hydrogen-bond donors (Lipinski definition) is 0. The predicted octanol–water partition coefficient (Wildman–Crippen LogP) is 2.57. The first-order valence-corrected chi connectivity index (χ1v) is 7.14. The number of pyridine rings is 1. The first-order valence-electron chi connectivity index (χ1n) is 7.14. The average Bonchev–Trinajstić information content (AvgIpc) is 2.53. The first kappa shape index (κ1) is 18.1. The van der Waals surface area contributed by atoms with Gasteiger partial charge in [0.1, 0.15) is 6.79 Å². The van der Waals surface area contributed by atoms with E-state index in [9.17, 15) is 4.79 Å². The van der Waals surface area contributed by atoms with Crippen molar-refractivity contribution in [1.29, 1.82) is 0 Å². The Morgan fingerprint density at radius 1 is 1.32 bits per heavy atom. The van der Waals surface area contributed by atoms with E-state index < -0.39 is 0 Å².